The third-order valence-corrected chi connectivity index (χ3v) is 5.92. The molecule has 0 radical (unpaired) electrons. The van der Waals surface area contributed by atoms with Crippen molar-refractivity contribution in [2.45, 2.75) is 32.7 Å². The van der Waals surface area contributed by atoms with Gasteiger partial charge in [0.2, 0.25) is 5.91 Å². The number of benzene rings is 2. The normalized spacial score (nSPS) is 14.2. The molecule has 2 N–H and O–H groups in total. The van der Waals surface area contributed by atoms with Crippen LogP contribution in [0.25, 0.3) is 0 Å². The SMILES string of the molecule is COc1ccc(Cl)cc1C(=O)N1CCC(C(=O)Nc2cc(Cl)ccc2C(=O)NC(C)C)CC1. The molecule has 1 fully saturated rings. The topological polar surface area (TPSA) is 87.7 Å². The van der Waals surface area contributed by atoms with E-state index in [0.29, 0.717) is 58.5 Å². The van der Waals surface area contributed by atoms with Crippen molar-refractivity contribution in [2.75, 3.05) is 25.5 Å². The number of nitrogens with one attached hydrogen (secondary N) is 2. The van der Waals surface area contributed by atoms with E-state index in [0.717, 1.165) is 0 Å². The molecule has 1 saturated heterocycles. The van der Waals surface area contributed by atoms with Gasteiger partial charge in [-0.15, -0.1) is 0 Å². The highest BCUT2D eigenvalue weighted by Crippen LogP contribution is 2.28. The highest BCUT2D eigenvalue weighted by molar-refractivity contribution is 6.31. The maximum absolute atomic E-state index is 13.0. The Balaban J connectivity index is 1.66. The van der Waals surface area contributed by atoms with E-state index in [1.54, 1.807) is 41.3 Å². The van der Waals surface area contributed by atoms with Gasteiger partial charge in [-0.25, -0.2) is 0 Å². The molecule has 3 amide bonds. The molecule has 176 valence electrons. The standard InChI is InChI=1S/C24H27Cl2N3O4/c1-14(2)27-23(31)18-6-4-17(26)13-20(18)28-22(30)15-8-10-29(11-9-15)24(32)19-12-16(25)5-7-21(19)33-3/h4-7,12-15H,8-11H2,1-3H3,(H,27,31)(H,28,30). The number of methoxy groups -OCH3 is 1. The zero-order chi connectivity index (χ0) is 24.1. The van der Waals surface area contributed by atoms with Crippen LogP contribution in [0.4, 0.5) is 5.69 Å². The third-order valence-electron chi connectivity index (χ3n) is 5.45. The molecule has 0 aliphatic carbocycles. The van der Waals surface area contributed by atoms with Gasteiger partial charge < -0.3 is 20.3 Å². The van der Waals surface area contributed by atoms with Crippen molar-refractivity contribution in [1.29, 1.82) is 0 Å². The summed E-state index contributed by atoms with van der Waals surface area (Å²) < 4.78 is 5.29. The monoisotopic (exact) mass is 491 g/mol. The summed E-state index contributed by atoms with van der Waals surface area (Å²) in [5.41, 5.74) is 1.11. The third kappa shape index (κ3) is 6.18. The first-order chi connectivity index (χ1) is 15.7. The Morgan fingerprint density at radius 2 is 1.64 bits per heavy atom. The number of amides is 3. The Labute approximate surface area is 203 Å². The van der Waals surface area contributed by atoms with Crippen LogP contribution in [-0.4, -0.2) is 48.9 Å². The Bertz CT molecular complexity index is 1050. The van der Waals surface area contributed by atoms with Crippen LogP contribution in [0, 0.1) is 5.92 Å². The van der Waals surface area contributed by atoms with Crippen molar-refractivity contribution in [2.24, 2.45) is 5.92 Å². The summed E-state index contributed by atoms with van der Waals surface area (Å²) in [5, 5.41) is 6.54. The molecule has 7 nitrogen and oxygen atoms in total. The molecule has 0 saturated carbocycles. The Morgan fingerprint density at radius 3 is 2.27 bits per heavy atom. The molecule has 0 atom stereocenters. The highest BCUT2D eigenvalue weighted by atomic mass is 35.5. The number of hydrogen-bond donors (Lipinski definition) is 2. The van der Waals surface area contributed by atoms with E-state index in [4.69, 9.17) is 27.9 Å². The lowest BCUT2D eigenvalue weighted by Crippen LogP contribution is -2.41. The molecule has 0 spiro atoms. The summed E-state index contributed by atoms with van der Waals surface area (Å²) in [7, 11) is 1.50. The Morgan fingerprint density at radius 1 is 1.00 bits per heavy atom. The van der Waals surface area contributed by atoms with Crippen LogP contribution >= 0.6 is 23.2 Å². The predicted molar refractivity (Wildman–Crippen MR) is 129 cm³/mol. The molecule has 0 aromatic heterocycles. The molecular formula is C24H27Cl2N3O4. The first-order valence-corrected chi connectivity index (χ1v) is 11.5. The zero-order valence-electron chi connectivity index (χ0n) is 18.8. The molecule has 0 unspecified atom stereocenters. The van der Waals surface area contributed by atoms with Crippen LogP contribution < -0.4 is 15.4 Å². The van der Waals surface area contributed by atoms with E-state index in [9.17, 15) is 14.4 Å². The van der Waals surface area contributed by atoms with Gasteiger partial charge in [0.1, 0.15) is 5.75 Å². The molecule has 33 heavy (non-hydrogen) atoms. The minimum Gasteiger partial charge on any atom is -0.496 e. The molecule has 0 bridgehead atoms. The van der Waals surface area contributed by atoms with Gasteiger partial charge in [-0.1, -0.05) is 23.2 Å². The van der Waals surface area contributed by atoms with Gasteiger partial charge in [-0.05, 0) is 63.1 Å². The number of rotatable bonds is 6. The second-order valence-electron chi connectivity index (χ2n) is 8.22. The predicted octanol–water partition coefficient (Wildman–Crippen LogP) is 4.63. The summed E-state index contributed by atoms with van der Waals surface area (Å²) in [4.78, 5) is 40.1. The second kappa shape index (κ2) is 10.9. The summed E-state index contributed by atoms with van der Waals surface area (Å²) in [5.74, 6) is -0.514. The Hall–Kier alpha value is -2.77. The van der Waals surface area contributed by atoms with Crippen LogP contribution in [0.15, 0.2) is 36.4 Å². The first-order valence-electron chi connectivity index (χ1n) is 10.7. The number of likely N-dealkylation sites (tertiary alicyclic amines) is 1. The highest BCUT2D eigenvalue weighted by Gasteiger charge is 2.29. The first kappa shape index (κ1) is 24.9. The van der Waals surface area contributed by atoms with Gasteiger partial charge in [-0.2, -0.15) is 0 Å². The number of halogens is 2. The van der Waals surface area contributed by atoms with E-state index in [1.165, 1.54) is 7.11 Å². The van der Waals surface area contributed by atoms with Crippen molar-refractivity contribution in [3.05, 3.63) is 57.6 Å². The molecule has 3 rings (SSSR count). The smallest absolute Gasteiger partial charge is 0.257 e. The number of hydrogen-bond acceptors (Lipinski definition) is 4. The number of anilines is 1. The molecule has 2 aromatic rings. The summed E-state index contributed by atoms with van der Waals surface area (Å²) in [6.45, 7) is 4.56. The maximum atomic E-state index is 13.0. The minimum absolute atomic E-state index is 0.0447. The molecule has 2 aromatic carbocycles. The number of piperidine rings is 1. The van der Waals surface area contributed by atoms with E-state index >= 15 is 0 Å². The van der Waals surface area contributed by atoms with E-state index in [1.807, 2.05) is 13.8 Å². The van der Waals surface area contributed by atoms with Gasteiger partial charge in [0.05, 0.1) is 23.9 Å². The van der Waals surface area contributed by atoms with Crippen LogP contribution in [0.1, 0.15) is 47.4 Å². The molecule has 1 aliphatic heterocycles. The lowest BCUT2D eigenvalue weighted by molar-refractivity contribution is -0.121. The fourth-order valence-corrected chi connectivity index (χ4v) is 4.10. The summed E-state index contributed by atoms with van der Waals surface area (Å²) in [6.07, 6.45) is 0.989. The molecular weight excluding hydrogens is 465 g/mol. The van der Waals surface area contributed by atoms with E-state index in [2.05, 4.69) is 10.6 Å². The van der Waals surface area contributed by atoms with E-state index < -0.39 is 0 Å². The quantitative estimate of drug-likeness (QED) is 0.616. The molecule has 9 heteroatoms. The van der Waals surface area contributed by atoms with Gasteiger partial charge in [0, 0.05) is 35.1 Å². The number of nitrogens with zero attached hydrogens (tertiary/aromatic N) is 1. The van der Waals surface area contributed by atoms with Gasteiger partial charge in [0.25, 0.3) is 11.8 Å². The van der Waals surface area contributed by atoms with Gasteiger partial charge in [-0.3, -0.25) is 14.4 Å². The average Bonchev–Trinajstić information content (AvgIpc) is 2.78. The molecule has 1 aliphatic rings. The Kier molecular flexibility index (Phi) is 8.21. The fraction of sp³-hybridized carbons (Fsp3) is 0.375. The lowest BCUT2D eigenvalue weighted by atomic mass is 9.95. The van der Waals surface area contributed by atoms with Crippen molar-refractivity contribution in [3.8, 4) is 5.75 Å². The fourth-order valence-electron chi connectivity index (χ4n) is 3.76. The number of carbonyl (C=O) groups is 3. The van der Waals surface area contributed by atoms with Crippen molar-refractivity contribution >= 4 is 46.6 Å². The van der Waals surface area contributed by atoms with Gasteiger partial charge in [0.15, 0.2) is 0 Å². The van der Waals surface area contributed by atoms with Crippen LogP contribution in [0.3, 0.4) is 0 Å². The van der Waals surface area contributed by atoms with Crippen LogP contribution in [0.2, 0.25) is 10.0 Å². The summed E-state index contributed by atoms with van der Waals surface area (Å²) >= 11 is 12.2. The largest absolute Gasteiger partial charge is 0.496 e. The van der Waals surface area contributed by atoms with Crippen molar-refractivity contribution < 1.29 is 19.1 Å². The second-order valence-corrected chi connectivity index (χ2v) is 9.09. The van der Waals surface area contributed by atoms with Crippen LogP contribution in [-0.2, 0) is 4.79 Å². The maximum Gasteiger partial charge on any atom is 0.257 e. The van der Waals surface area contributed by atoms with E-state index in [-0.39, 0.29) is 29.7 Å². The zero-order valence-corrected chi connectivity index (χ0v) is 20.3. The molecule has 1 heterocycles. The van der Waals surface area contributed by atoms with Crippen LogP contribution in [0.5, 0.6) is 5.75 Å². The lowest BCUT2D eigenvalue weighted by Gasteiger charge is -2.32. The number of ether oxygens (including phenoxy) is 1. The van der Waals surface area contributed by atoms with Crippen molar-refractivity contribution in [3.63, 3.8) is 0 Å². The number of carbonyl (C=O) groups excluding carboxylic acids is 3. The van der Waals surface area contributed by atoms with Crippen molar-refractivity contribution in [1.82, 2.24) is 10.2 Å². The summed E-state index contributed by atoms with van der Waals surface area (Å²) in [6, 6.07) is 9.64. The minimum atomic E-state index is -0.296. The average molecular weight is 492 g/mol. The van der Waals surface area contributed by atoms with Gasteiger partial charge >= 0.3 is 0 Å².